The number of aryl methyl sites for hydroxylation is 1. The van der Waals surface area contributed by atoms with Crippen molar-refractivity contribution in [3.63, 3.8) is 0 Å². The van der Waals surface area contributed by atoms with E-state index in [2.05, 4.69) is 31.2 Å². The summed E-state index contributed by atoms with van der Waals surface area (Å²) in [5.41, 5.74) is 5.26. The molecule has 0 saturated carbocycles. The van der Waals surface area contributed by atoms with Gasteiger partial charge in [-0.3, -0.25) is 4.79 Å². The SMILES string of the molecule is Cc1ccc([C@@H]2O[C@H]2c2ccc(-c3cc(=O)cc(-c4ccccc4)o3)cc2)cc1. The van der Waals surface area contributed by atoms with E-state index in [1.54, 1.807) is 0 Å². The molecule has 2 heterocycles. The maximum atomic E-state index is 12.2. The molecule has 1 aliphatic heterocycles. The van der Waals surface area contributed by atoms with Gasteiger partial charge < -0.3 is 9.15 Å². The average Bonchev–Trinajstić information content (AvgIpc) is 3.55. The predicted molar refractivity (Wildman–Crippen MR) is 114 cm³/mol. The lowest BCUT2D eigenvalue weighted by Crippen LogP contribution is -1.98. The molecule has 3 aromatic carbocycles. The summed E-state index contributed by atoms with van der Waals surface area (Å²) in [4.78, 5) is 12.2. The highest BCUT2D eigenvalue weighted by Crippen LogP contribution is 2.51. The van der Waals surface area contributed by atoms with Crippen LogP contribution in [0.1, 0.15) is 28.9 Å². The maximum Gasteiger partial charge on any atom is 0.186 e. The Labute approximate surface area is 169 Å². The number of epoxide rings is 1. The first-order valence-corrected chi connectivity index (χ1v) is 9.70. The highest BCUT2D eigenvalue weighted by atomic mass is 16.6. The lowest BCUT2D eigenvalue weighted by atomic mass is 10.0. The molecule has 0 amide bonds. The van der Waals surface area contributed by atoms with Gasteiger partial charge in [0.15, 0.2) is 5.43 Å². The van der Waals surface area contributed by atoms with E-state index in [0.29, 0.717) is 11.5 Å². The Kier molecular flexibility index (Phi) is 4.38. The van der Waals surface area contributed by atoms with E-state index >= 15 is 0 Å². The third-order valence-corrected chi connectivity index (χ3v) is 5.25. The maximum absolute atomic E-state index is 12.2. The van der Waals surface area contributed by atoms with Gasteiger partial charge in [-0.05, 0) is 18.1 Å². The highest BCUT2D eigenvalue weighted by Gasteiger charge is 2.41. The van der Waals surface area contributed by atoms with E-state index in [1.807, 2.05) is 54.6 Å². The second-order valence-corrected chi connectivity index (χ2v) is 7.40. The Morgan fingerprint density at radius 3 is 1.76 bits per heavy atom. The van der Waals surface area contributed by atoms with Crippen LogP contribution in [0.3, 0.4) is 0 Å². The van der Waals surface area contributed by atoms with Crippen molar-refractivity contribution in [3.05, 3.63) is 118 Å². The highest BCUT2D eigenvalue weighted by molar-refractivity contribution is 5.63. The zero-order valence-electron chi connectivity index (χ0n) is 16.0. The molecule has 0 unspecified atom stereocenters. The second kappa shape index (κ2) is 7.19. The van der Waals surface area contributed by atoms with Crippen LogP contribution in [-0.2, 0) is 4.74 Å². The third kappa shape index (κ3) is 3.65. The number of hydrogen-bond acceptors (Lipinski definition) is 3. The molecule has 3 nitrogen and oxygen atoms in total. The Bertz CT molecular complexity index is 1190. The van der Waals surface area contributed by atoms with Crippen molar-refractivity contribution >= 4 is 0 Å². The Balaban J connectivity index is 1.39. The van der Waals surface area contributed by atoms with Crippen LogP contribution in [0.25, 0.3) is 22.6 Å². The van der Waals surface area contributed by atoms with Gasteiger partial charge in [0.25, 0.3) is 0 Å². The van der Waals surface area contributed by atoms with Crippen molar-refractivity contribution in [3.8, 4) is 22.6 Å². The summed E-state index contributed by atoms with van der Waals surface area (Å²) in [6.07, 6.45) is 0.190. The molecule has 0 N–H and O–H groups in total. The largest absolute Gasteiger partial charge is 0.456 e. The first-order chi connectivity index (χ1) is 14.2. The number of hydrogen-bond donors (Lipinski definition) is 0. The van der Waals surface area contributed by atoms with E-state index in [1.165, 1.54) is 23.3 Å². The number of ether oxygens (including phenoxy) is 1. The van der Waals surface area contributed by atoms with Gasteiger partial charge in [-0.15, -0.1) is 0 Å². The van der Waals surface area contributed by atoms with Gasteiger partial charge in [0.2, 0.25) is 0 Å². The molecule has 142 valence electrons. The number of rotatable bonds is 4. The average molecular weight is 380 g/mol. The summed E-state index contributed by atoms with van der Waals surface area (Å²) in [5, 5.41) is 0. The van der Waals surface area contributed by atoms with Gasteiger partial charge in [0.05, 0.1) is 0 Å². The van der Waals surface area contributed by atoms with Gasteiger partial charge in [-0.2, -0.15) is 0 Å². The second-order valence-electron chi connectivity index (χ2n) is 7.40. The molecule has 3 heteroatoms. The molecule has 1 aromatic heterocycles. The number of benzene rings is 3. The van der Waals surface area contributed by atoms with Crippen LogP contribution in [0.5, 0.6) is 0 Å². The molecule has 5 rings (SSSR count). The van der Waals surface area contributed by atoms with Crippen LogP contribution in [0, 0.1) is 6.92 Å². The summed E-state index contributed by atoms with van der Waals surface area (Å²) >= 11 is 0. The first-order valence-electron chi connectivity index (χ1n) is 9.70. The standard InChI is InChI=1S/C26H20O3/c1-17-7-9-20(10-8-17)25-26(29-25)21-13-11-19(12-14-21)24-16-22(27)15-23(28-24)18-5-3-2-4-6-18/h2-16,25-26H,1H3/t25-,26-/m0/s1. The van der Waals surface area contributed by atoms with E-state index in [0.717, 1.165) is 16.7 Å². The van der Waals surface area contributed by atoms with Crippen molar-refractivity contribution in [1.82, 2.24) is 0 Å². The molecular weight excluding hydrogens is 360 g/mol. The van der Waals surface area contributed by atoms with Crippen LogP contribution >= 0.6 is 0 Å². The van der Waals surface area contributed by atoms with Crippen molar-refractivity contribution in [2.75, 3.05) is 0 Å². The normalized spacial score (nSPS) is 17.8. The van der Waals surface area contributed by atoms with Crippen LogP contribution in [-0.4, -0.2) is 0 Å². The van der Waals surface area contributed by atoms with Gasteiger partial charge in [-0.25, -0.2) is 0 Å². The topological polar surface area (TPSA) is 42.7 Å². The summed E-state index contributed by atoms with van der Waals surface area (Å²) in [6.45, 7) is 2.08. The third-order valence-electron chi connectivity index (χ3n) is 5.25. The lowest BCUT2D eigenvalue weighted by molar-refractivity contribution is 0.377. The predicted octanol–water partition coefficient (Wildman–Crippen LogP) is 6.09. The van der Waals surface area contributed by atoms with E-state index < -0.39 is 0 Å². The zero-order chi connectivity index (χ0) is 19.8. The molecule has 0 aliphatic carbocycles. The Morgan fingerprint density at radius 2 is 1.17 bits per heavy atom. The molecule has 0 bridgehead atoms. The van der Waals surface area contributed by atoms with Crippen molar-refractivity contribution < 1.29 is 9.15 Å². The van der Waals surface area contributed by atoms with Gasteiger partial charge in [0, 0.05) is 23.3 Å². The fourth-order valence-electron chi connectivity index (χ4n) is 3.58. The van der Waals surface area contributed by atoms with E-state index in [9.17, 15) is 4.79 Å². The quantitative estimate of drug-likeness (QED) is 0.402. The van der Waals surface area contributed by atoms with Crippen LogP contribution < -0.4 is 5.43 Å². The molecule has 2 atom stereocenters. The van der Waals surface area contributed by atoms with Crippen molar-refractivity contribution in [1.29, 1.82) is 0 Å². The Hall–Kier alpha value is -3.43. The fourth-order valence-corrected chi connectivity index (χ4v) is 3.58. The summed E-state index contributed by atoms with van der Waals surface area (Å²) in [7, 11) is 0. The summed E-state index contributed by atoms with van der Waals surface area (Å²) in [5.74, 6) is 1.14. The van der Waals surface area contributed by atoms with Gasteiger partial charge in [-0.1, -0.05) is 84.4 Å². The summed E-state index contributed by atoms with van der Waals surface area (Å²) < 4.78 is 11.9. The van der Waals surface area contributed by atoms with Crippen LogP contribution in [0.4, 0.5) is 0 Å². The fraction of sp³-hybridized carbons (Fsp3) is 0.115. The smallest absolute Gasteiger partial charge is 0.186 e. The monoisotopic (exact) mass is 380 g/mol. The summed E-state index contributed by atoms with van der Waals surface area (Å²) in [6, 6.07) is 29.2. The van der Waals surface area contributed by atoms with Crippen molar-refractivity contribution in [2.24, 2.45) is 0 Å². The van der Waals surface area contributed by atoms with E-state index in [4.69, 9.17) is 9.15 Å². The van der Waals surface area contributed by atoms with Crippen LogP contribution in [0.15, 0.2) is 100 Å². The minimum Gasteiger partial charge on any atom is -0.456 e. The first kappa shape index (κ1) is 17.7. The molecule has 4 aromatic rings. The molecule has 0 spiro atoms. The molecule has 1 saturated heterocycles. The molecule has 1 fully saturated rings. The van der Waals surface area contributed by atoms with E-state index in [-0.39, 0.29) is 17.6 Å². The molecular formula is C26H20O3. The minimum absolute atomic E-state index is 0.0702. The zero-order valence-corrected chi connectivity index (χ0v) is 16.0. The van der Waals surface area contributed by atoms with Gasteiger partial charge in [0.1, 0.15) is 23.7 Å². The minimum atomic E-state index is -0.0702. The lowest BCUT2D eigenvalue weighted by Gasteiger charge is -2.06. The van der Waals surface area contributed by atoms with Crippen molar-refractivity contribution in [2.45, 2.75) is 19.1 Å². The molecule has 1 aliphatic rings. The van der Waals surface area contributed by atoms with Crippen LogP contribution in [0.2, 0.25) is 0 Å². The molecule has 29 heavy (non-hydrogen) atoms. The Morgan fingerprint density at radius 1 is 0.655 bits per heavy atom. The van der Waals surface area contributed by atoms with Gasteiger partial charge >= 0.3 is 0 Å². The molecule has 0 radical (unpaired) electrons.